The molecule has 0 aliphatic heterocycles. The fourth-order valence-corrected chi connectivity index (χ4v) is 3.39. The molecule has 0 heterocycles. The maximum Gasteiger partial charge on any atom is 0.133 e. The van der Waals surface area contributed by atoms with E-state index in [1.54, 1.807) is 0 Å². The second-order valence-corrected chi connectivity index (χ2v) is 5.58. The van der Waals surface area contributed by atoms with Gasteiger partial charge in [-0.05, 0) is 52.4 Å². The average Bonchev–Trinajstić information content (AvgIpc) is 2.63. The Morgan fingerprint density at radius 3 is 2.43 bits per heavy atom. The predicted molar refractivity (Wildman–Crippen MR) is 64.7 cm³/mol. The molecule has 76 valence electrons. The molecule has 1 aliphatic rings. The van der Waals surface area contributed by atoms with Crippen molar-refractivity contribution in [3.05, 3.63) is 26.6 Å². The Labute approximate surface area is 101 Å². The number of phenols is 1. The van der Waals surface area contributed by atoms with Crippen LogP contribution in [-0.2, 0) is 0 Å². The molecular weight excluding hydrogens is 308 g/mol. The normalized spacial score (nSPS) is 17.6. The zero-order valence-corrected chi connectivity index (χ0v) is 10.9. The lowest BCUT2D eigenvalue weighted by molar-refractivity contribution is 0.457. The van der Waals surface area contributed by atoms with Crippen molar-refractivity contribution in [1.29, 1.82) is 0 Å². The molecule has 1 N–H and O–H groups in total. The van der Waals surface area contributed by atoms with Crippen molar-refractivity contribution in [2.45, 2.75) is 31.6 Å². The zero-order valence-electron chi connectivity index (χ0n) is 7.76. The van der Waals surface area contributed by atoms with Gasteiger partial charge < -0.3 is 5.11 Å². The number of aromatic hydroxyl groups is 1. The Morgan fingerprint density at radius 2 is 1.79 bits per heavy atom. The minimum absolute atomic E-state index is 0.417. The Hall–Kier alpha value is -0.0200. The summed E-state index contributed by atoms with van der Waals surface area (Å²) in [6.07, 6.45) is 4.98. The molecular formula is C11H12Br2O. The van der Waals surface area contributed by atoms with Crippen molar-refractivity contribution in [3.63, 3.8) is 0 Å². The lowest BCUT2D eigenvalue weighted by Crippen LogP contribution is -1.93. The van der Waals surface area contributed by atoms with Crippen LogP contribution < -0.4 is 0 Å². The average molecular weight is 320 g/mol. The third-order valence-electron chi connectivity index (χ3n) is 2.85. The maximum absolute atomic E-state index is 9.91. The van der Waals surface area contributed by atoms with Crippen molar-refractivity contribution in [3.8, 4) is 5.75 Å². The standard InChI is InChI=1S/C11H12Br2O/c12-8-5-9(7-3-1-2-4-7)11(14)10(13)6-8/h5-7,14H,1-4H2. The molecule has 1 aromatic carbocycles. The molecule has 1 fully saturated rings. The number of rotatable bonds is 1. The summed E-state index contributed by atoms with van der Waals surface area (Å²) in [6, 6.07) is 3.92. The molecule has 1 aromatic rings. The van der Waals surface area contributed by atoms with Gasteiger partial charge in [-0.15, -0.1) is 0 Å². The summed E-state index contributed by atoms with van der Waals surface area (Å²) < 4.78 is 1.82. The summed E-state index contributed by atoms with van der Waals surface area (Å²) >= 11 is 6.82. The van der Waals surface area contributed by atoms with Crippen molar-refractivity contribution in [2.75, 3.05) is 0 Å². The van der Waals surface area contributed by atoms with Gasteiger partial charge in [-0.3, -0.25) is 0 Å². The molecule has 1 saturated carbocycles. The summed E-state index contributed by atoms with van der Waals surface area (Å²) in [4.78, 5) is 0. The summed E-state index contributed by atoms with van der Waals surface area (Å²) in [5.41, 5.74) is 1.09. The molecule has 0 spiro atoms. The molecule has 2 rings (SSSR count). The highest BCUT2D eigenvalue weighted by Crippen LogP contribution is 2.42. The molecule has 14 heavy (non-hydrogen) atoms. The van der Waals surface area contributed by atoms with E-state index < -0.39 is 0 Å². The van der Waals surface area contributed by atoms with E-state index in [-0.39, 0.29) is 0 Å². The first-order chi connectivity index (χ1) is 6.68. The second-order valence-electron chi connectivity index (χ2n) is 3.81. The van der Waals surface area contributed by atoms with Gasteiger partial charge in [0, 0.05) is 4.47 Å². The van der Waals surface area contributed by atoms with E-state index in [2.05, 4.69) is 31.9 Å². The van der Waals surface area contributed by atoms with E-state index >= 15 is 0 Å². The van der Waals surface area contributed by atoms with Crippen LogP contribution in [0.3, 0.4) is 0 Å². The quantitative estimate of drug-likeness (QED) is 0.803. The van der Waals surface area contributed by atoms with Gasteiger partial charge in [0.05, 0.1) is 4.47 Å². The van der Waals surface area contributed by atoms with Crippen molar-refractivity contribution in [2.24, 2.45) is 0 Å². The number of benzene rings is 1. The first kappa shape index (κ1) is 10.5. The topological polar surface area (TPSA) is 20.2 Å². The monoisotopic (exact) mass is 318 g/mol. The van der Waals surface area contributed by atoms with Crippen LogP contribution in [-0.4, -0.2) is 5.11 Å². The van der Waals surface area contributed by atoms with Crippen LogP contribution >= 0.6 is 31.9 Å². The van der Waals surface area contributed by atoms with Gasteiger partial charge >= 0.3 is 0 Å². The fourth-order valence-electron chi connectivity index (χ4n) is 2.13. The first-order valence-electron chi connectivity index (χ1n) is 4.86. The molecule has 0 atom stereocenters. The molecule has 3 heteroatoms. The molecule has 0 radical (unpaired) electrons. The molecule has 1 nitrogen and oxygen atoms in total. The molecule has 1 aliphatic carbocycles. The van der Waals surface area contributed by atoms with Crippen LogP contribution in [0.5, 0.6) is 5.75 Å². The van der Waals surface area contributed by atoms with E-state index in [0.717, 1.165) is 14.5 Å². The van der Waals surface area contributed by atoms with Gasteiger partial charge in [-0.2, -0.15) is 0 Å². The highest BCUT2D eigenvalue weighted by atomic mass is 79.9. The SMILES string of the molecule is Oc1c(Br)cc(Br)cc1C1CCCC1. The summed E-state index contributed by atoms with van der Waals surface area (Å²) in [7, 11) is 0. The summed E-state index contributed by atoms with van der Waals surface area (Å²) in [5, 5.41) is 9.91. The van der Waals surface area contributed by atoms with Gasteiger partial charge in [-0.1, -0.05) is 28.8 Å². The number of hydrogen-bond acceptors (Lipinski definition) is 1. The van der Waals surface area contributed by atoms with Crippen LogP contribution in [0.15, 0.2) is 21.1 Å². The van der Waals surface area contributed by atoms with Crippen molar-refractivity contribution < 1.29 is 5.11 Å². The molecule has 0 aromatic heterocycles. The molecule has 0 bridgehead atoms. The Bertz CT molecular complexity index is 343. The number of hydrogen-bond donors (Lipinski definition) is 1. The van der Waals surface area contributed by atoms with Crippen LogP contribution in [0.1, 0.15) is 37.2 Å². The van der Waals surface area contributed by atoms with E-state index in [9.17, 15) is 5.11 Å². The van der Waals surface area contributed by atoms with Crippen molar-refractivity contribution in [1.82, 2.24) is 0 Å². The van der Waals surface area contributed by atoms with Gasteiger partial charge in [0.15, 0.2) is 0 Å². The van der Waals surface area contributed by atoms with Crippen molar-refractivity contribution >= 4 is 31.9 Å². The summed E-state index contributed by atoms with van der Waals surface area (Å²) in [5.74, 6) is 0.962. The van der Waals surface area contributed by atoms with E-state index in [1.165, 1.54) is 25.7 Å². The third-order valence-corrected chi connectivity index (χ3v) is 3.91. The van der Waals surface area contributed by atoms with Gasteiger partial charge in [-0.25, -0.2) is 0 Å². The highest BCUT2D eigenvalue weighted by molar-refractivity contribution is 9.11. The van der Waals surface area contributed by atoms with E-state index in [1.807, 2.05) is 12.1 Å². The van der Waals surface area contributed by atoms with Gasteiger partial charge in [0.25, 0.3) is 0 Å². The van der Waals surface area contributed by atoms with Crippen LogP contribution in [0.2, 0.25) is 0 Å². The smallest absolute Gasteiger partial charge is 0.133 e. The lowest BCUT2D eigenvalue weighted by atomic mass is 9.97. The summed E-state index contributed by atoms with van der Waals surface area (Å²) in [6.45, 7) is 0. The van der Waals surface area contributed by atoms with Crippen LogP contribution in [0, 0.1) is 0 Å². The van der Waals surface area contributed by atoms with Gasteiger partial charge in [0.2, 0.25) is 0 Å². The predicted octanol–water partition coefficient (Wildman–Crippen LogP) is 4.57. The van der Waals surface area contributed by atoms with Crippen LogP contribution in [0.4, 0.5) is 0 Å². The minimum Gasteiger partial charge on any atom is -0.506 e. The lowest BCUT2D eigenvalue weighted by Gasteiger charge is -2.13. The van der Waals surface area contributed by atoms with Gasteiger partial charge in [0.1, 0.15) is 5.75 Å². The Balaban J connectivity index is 2.40. The molecule has 0 amide bonds. The number of phenolic OH excluding ortho intramolecular Hbond substituents is 1. The number of halogens is 2. The largest absolute Gasteiger partial charge is 0.506 e. The first-order valence-corrected chi connectivity index (χ1v) is 6.45. The van der Waals surface area contributed by atoms with E-state index in [4.69, 9.17) is 0 Å². The van der Waals surface area contributed by atoms with Crippen LogP contribution in [0.25, 0.3) is 0 Å². The Kier molecular flexibility index (Phi) is 3.17. The third kappa shape index (κ3) is 1.98. The minimum atomic E-state index is 0.417. The molecule has 0 unspecified atom stereocenters. The maximum atomic E-state index is 9.91. The molecule has 0 saturated heterocycles. The Morgan fingerprint density at radius 1 is 1.14 bits per heavy atom. The van der Waals surface area contributed by atoms with E-state index in [0.29, 0.717) is 11.7 Å². The zero-order chi connectivity index (χ0) is 10.1. The second kappa shape index (κ2) is 4.23. The highest BCUT2D eigenvalue weighted by Gasteiger charge is 2.21. The fraction of sp³-hybridized carbons (Fsp3) is 0.455.